The van der Waals surface area contributed by atoms with Crippen molar-refractivity contribution >= 4 is 52.3 Å². The molecule has 3 amide bonds. The summed E-state index contributed by atoms with van der Waals surface area (Å²) in [7, 11) is 2.91. The Balaban J connectivity index is 1.67. The Kier molecular flexibility index (Phi) is 6.01. The second kappa shape index (κ2) is 9.06. The van der Waals surface area contributed by atoms with Crippen LogP contribution in [0.3, 0.4) is 0 Å². The smallest absolute Gasteiger partial charge is 0.282 e. The molecule has 1 saturated heterocycles. The second-order valence-corrected chi connectivity index (χ2v) is 9.06. The molecule has 0 bridgehead atoms. The molecule has 0 saturated carbocycles. The number of hydrogen-bond acceptors (Lipinski definition) is 7. The van der Waals surface area contributed by atoms with Crippen LogP contribution in [0.2, 0.25) is 10.0 Å². The van der Waals surface area contributed by atoms with Crippen molar-refractivity contribution in [1.29, 1.82) is 0 Å². The van der Waals surface area contributed by atoms with Crippen molar-refractivity contribution in [2.75, 3.05) is 19.1 Å². The van der Waals surface area contributed by atoms with Gasteiger partial charge in [0.2, 0.25) is 0 Å². The van der Waals surface area contributed by atoms with Gasteiger partial charge in [-0.1, -0.05) is 29.3 Å². The molecular weight excluding hydrogens is 525 g/mol. The lowest BCUT2D eigenvalue weighted by Crippen LogP contribution is -2.67. The first-order valence-electron chi connectivity index (χ1n) is 10.8. The summed E-state index contributed by atoms with van der Waals surface area (Å²) in [6.45, 7) is 0. The van der Waals surface area contributed by atoms with Gasteiger partial charge in [0, 0.05) is 17.3 Å². The standard InChI is InChI=1S/C25H17Cl2N3O7/c1-36-13-7-9-19(37-2)15(11-13)21-22(25(33)28(21)12-6-8-16(26)17(27)10-12)29-23(31)14-4-3-5-18(30(34)35)20(14)24(29)32/h3-11,21-22H,1-2H3. The molecule has 12 heteroatoms. The molecule has 5 rings (SSSR count). The van der Waals surface area contributed by atoms with Gasteiger partial charge in [-0.3, -0.25) is 29.4 Å². The summed E-state index contributed by atoms with van der Waals surface area (Å²) in [5, 5.41) is 12.0. The Hall–Kier alpha value is -4.15. The van der Waals surface area contributed by atoms with Crippen molar-refractivity contribution in [2.24, 2.45) is 0 Å². The lowest BCUT2D eigenvalue weighted by molar-refractivity contribution is -0.385. The van der Waals surface area contributed by atoms with Gasteiger partial charge in [0.15, 0.2) is 0 Å². The number of β-lactam (4-membered cyclic amide) rings is 1. The monoisotopic (exact) mass is 541 g/mol. The summed E-state index contributed by atoms with van der Waals surface area (Å²) in [4.78, 5) is 53.4. The lowest BCUT2D eigenvalue weighted by atomic mass is 9.85. The van der Waals surface area contributed by atoms with Crippen molar-refractivity contribution in [1.82, 2.24) is 4.90 Å². The van der Waals surface area contributed by atoms with Gasteiger partial charge in [0.1, 0.15) is 23.1 Å². The average Bonchev–Trinajstić information content (AvgIpc) is 3.14. The average molecular weight is 542 g/mol. The molecule has 0 aliphatic carbocycles. The Labute approximate surface area is 220 Å². The number of carbonyl (C=O) groups excluding carboxylic acids is 3. The third-order valence-electron chi connectivity index (χ3n) is 6.40. The van der Waals surface area contributed by atoms with Crippen LogP contribution in [-0.4, -0.2) is 47.8 Å². The van der Waals surface area contributed by atoms with Crippen molar-refractivity contribution < 1.29 is 28.8 Å². The number of ether oxygens (including phenoxy) is 2. The minimum Gasteiger partial charge on any atom is -0.497 e. The molecule has 0 N–H and O–H groups in total. The van der Waals surface area contributed by atoms with E-state index in [4.69, 9.17) is 32.7 Å². The molecule has 2 aliphatic rings. The molecule has 2 aliphatic heterocycles. The Morgan fingerprint density at radius 1 is 0.865 bits per heavy atom. The Bertz CT molecular complexity index is 1510. The molecule has 2 atom stereocenters. The van der Waals surface area contributed by atoms with E-state index in [2.05, 4.69) is 0 Å². The first-order valence-corrected chi connectivity index (χ1v) is 11.6. The van der Waals surface area contributed by atoms with E-state index < -0.39 is 40.4 Å². The summed E-state index contributed by atoms with van der Waals surface area (Å²) in [6, 6.07) is 11.1. The summed E-state index contributed by atoms with van der Waals surface area (Å²) in [5.74, 6) is -1.50. The Morgan fingerprint density at radius 3 is 2.27 bits per heavy atom. The SMILES string of the molecule is COc1ccc(OC)c(C2C(N3C(=O)c4cccc([N+](=O)[O-])c4C3=O)C(=O)N2c2ccc(Cl)c(Cl)c2)c1. The molecule has 188 valence electrons. The fourth-order valence-corrected chi connectivity index (χ4v) is 5.01. The minimum atomic E-state index is -1.32. The van der Waals surface area contributed by atoms with E-state index in [0.717, 1.165) is 11.0 Å². The first kappa shape index (κ1) is 24.5. The molecule has 0 spiro atoms. The maximum Gasteiger partial charge on any atom is 0.282 e. The van der Waals surface area contributed by atoms with Crippen molar-refractivity contribution in [3.63, 3.8) is 0 Å². The van der Waals surface area contributed by atoms with Crippen LogP contribution in [0.1, 0.15) is 32.3 Å². The van der Waals surface area contributed by atoms with Gasteiger partial charge in [-0.25, -0.2) is 0 Å². The zero-order valence-electron chi connectivity index (χ0n) is 19.3. The van der Waals surface area contributed by atoms with Gasteiger partial charge >= 0.3 is 0 Å². The number of nitrogens with zero attached hydrogens (tertiary/aromatic N) is 3. The quantitative estimate of drug-likeness (QED) is 0.192. The van der Waals surface area contributed by atoms with Crippen molar-refractivity contribution in [3.05, 3.63) is 91.4 Å². The molecule has 0 radical (unpaired) electrons. The van der Waals surface area contributed by atoms with Crippen molar-refractivity contribution in [2.45, 2.75) is 12.1 Å². The first-order chi connectivity index (χ1) is 17.7. The molecule has 1 fully saturated rings. The van der Waals surface area contributed by atoms with Crippen LogP contribution < -0.4 is 14.4 Å². The van der Waals surface area contributed by atoms with Crippen LogP contribution in [-0.2, 0) is 4.79 Å². The molecule has 10 nitrogen and oxygen atoms in total. The van der Waals surface area contributed by atoms with E-state index in [1.165, 1.54) is 43.4 Å². The molecular formula is C25H17Cl2N3O7. The van der Waals surface area contributed by atoms with E-state index in [1.807, 2.05) is 0 Å². The molecule has 2 heterocycles. The molecule has 3 aromatic rings. The van der Waals surface area contributed by atoms with Gasteiger partial charge in [-0.05, 0) is 42.5 Å². The zero-order valence-corrected chi connectivity index (χ0v) is 20.8. The maximum absolute atomic E-state index is 13.6. The number of carbonyl (C=O) groups is 3. The Morgan fingerprint density at radius 2 is 1.62 bits per heavy atom. The highest BCUT2D eigenvalue weighted by Crippen LogP contribution is 2.48. The number of rotatable bonds is 6. The summed E-state index contributed by atoms with van der Waals surface area (Å²) in [5.41, 5.74) is -0.190. The highest BCUT2D eigenvalue weighted by molar-refractivity contribution is 6.42. The zero-order chi connectivity index (χ0) is 26.6. The largest absolute Gasteiger partial charge is 0.497 e. The van der Waals surface area contributed by atoms with Gasteiger partial charge in [-0.2, -0.15) is 0 Å². The number of fused-ring (bicyclic) bond motifs is 1. The number of anilines is 1. The number of benzene rings is 3. The molecule has 37 heavy (non-hydrogen) atoms. The van der Waals surface area contributed by atoms with Crippen LogP contribution in [0.25, 0.3) is 0 Å². The highest BCUT2D eigenvalue weighted by Gasteiger charge is 2.59. The van der Waals surface area contributed by atoms with E-state index in [-0.39, 0.29) is 21.2 Å². The van der Waals surface area contributed by atoms with Gasteiger partial charge in [0.25, 0.3) is 23.4 Å². The van der Waals surface area contributed by atoms with Crippen LogP contribution >= 0.6 is 23.2 Å². The summed E-state index contributed by atoms with van der Waals surface area (Å²) >= 11 is 12.3. The number of halogens is 2. The lowest BCUT2D eigenvalue weighted by Gasteiger charge is -2.50. The number of nitro benzene ring substituents is 1. The number of imide groups is 1. The van der Waals surface area contributed by atoms with Crippen LogP contribution in [0.15, 0.2) is 54.6 Å². The number of amides is 3. The number of hydrogen-bond donors (Lipinski definition) is 0. The van der Waals surface area contributed by atoms with Crippen LogP contribution in [0.5, 0.6) is 11.5 Å². The van der Waals surface area contributed by atoms with E-state index in [1.54, 1.807) is 24.3 Å². The van der Waals surface area contributed by atoms with Gasteiger partial charge < -0.3 is 14.4 Å². The van der Waals surface area contributed by atoms with Gasteiger partial charge in [0.05, 0.1) is 40.8 Å². The fraction of sp³-hybridized carbons (Fsp3) is 0.160. The third kappa shape index (κ3) is 3.68. The molecule has 3 aromatic carbocycles. The van der Waals surface area contributed by atoms with Crippen molar-refractivity contribution in [3.8, 4) is 11.5 Å². The fourth-order valence-electron chi connectivity index (χ4n) is 4.72. The summed E-state index contributed by atoms with van der Waals surface area (Å²) < 4.78 is 10.9. The maximum atomic E-state index is 13.6. The van der Waals surface area contributed by atoms with E-state index in [9.17, 15) is 24.5 Å². The number of nitro groups is 1. The van der Waals surface area contributed by atoms with E-state index >= 15 is 0 Å². The van der Waals surface area contributed by atoms with E-state index in [0.29, 0.717) is 22.7 Å². The summed E-state index contributed by atoms with van der Waals surface area (Å²) in [6.07, 6.45) is 0. The number of methoxy groups -OCH3 is 2. The molecule has 2 unspecified atom stereocenters. The highest BCUT2D eigenvalue weighted by atomic mass is 35.5. The topological polar surface area (TPSA) is 119 Å². The predicted octanol–water partition coefficient (Wildman–Crippen LogP) is 4.67. The normalized spacial score (nSPS) is 18.5. The predicted molar refractivity (Wildman–Crippen MR) is 134 cm³/mol. The van der Waals surface area contributed by atoms with Crippen LogP contribution in [0.4, 0.5) is 11.4 Å². The minimum absolute atomic E-state index is 0.142. The molecule has 0 aromatic heterocycles. The third-order valence-corrected chi connectivity index (χ3v) is 7.14. The van der Waals surface area contributed by atoms with Crippen LogP contribution in [0, 0.1) is 10.1 Å². The van der Waals surface area contributed by atoms with Gasteiger partial charge in [-0.15, -0.1) is 0 Å². The second-order valence-electron chi connectivity index (χ2n) is 8.24.